The van der Waals surface area contributed by atoms with Crippen molar-refractivity contribution in [3.05, 3.63) is 23.1 Å². The Labute approximate surface area is 128 Å². The molecule has 0 nitrogen and oxygen atoms in total. The van der Waals surface area contributed by atoms with E-state index in [2.05, 4.69) is 49.6 Å². The average molecular weight is 300 g/mol. The van der Waals surface area contributed by atoms with Crippen LogP contribution in [0.5, 0.6) is 0 Å². The molecule has 0 radical (unpaired) electrons. The number of rotatable bonds is 6. The zero-order valence-corrected chi connectivity index (χ0v) is 15.4. The molecular weight excluding hydrogens is 267 g/mol. The molecule has 1 unspecified atom stereocenters. The monoisotopic (exact) mass is 300 g/mol. The Morgan fingerprint density at radius 2 is 1.74 bits per heavy atom. The Kier molecular flexibility index (Phi) is 11.1. The summed E-state index contributed by atoms with van der Waals surface area (Å²) in [7, 11) is 2.75. The van der Waals surface area contributed by atoms with E-state index < -0.39 is 0 Å². The first-order valence-electron chi connectivity index (χ1n) is 7.66. The molecule has 0 aromatic heterocycles. The minimum absolute atomic E-state index is 0.425. The second kappa shape index (κ2) is 11.0. The molecule has 1 atom stereocenters. The summed E-state index contributed by atoms with van der Waals surface area (Å²) < 4.78 is 0. The van der Waals surface area contributed by atoms with Crippen LogP contribution in [0.1, 0.15) is 72.6 Å². The molecule has 0 N–H and O–H groups in total. The SMILES string of the molecule is C=C1C=C(SCP)CC(C)(C)C1.CCCCCCC. The number of allylic oxidation sites excluding steroid dienone is 3. The van der Waals surface area contributed by atoms with Crippen molar-refractivity contribution in [2.75, 3.05) is 5.49 Å². The van der Waals surface area contributed by atoms with Gasteiger partial charge in [0.25, 0.3) is 0 Å². The Morgan fingerprint density at radius 1 is 1.16 bits per heavy atom. The minimum atomic E-state index is 0.425. The van der Waals surface area contributed by atoms with E-state index in [0.29, 0.717) is 5.41 Å². The highest BCUT2D eigenvalue weighted by molar-refractivity contribution is 8.05. The van der Waals surface area contributed by atoms with Gasteiger partial charge >= 0.3 is 0 Å². The van der Waals surface area contributed by atoms with Crippen LogP contribution in [0.25, 0.3) is 0 Å². The number of thioether (sulfide) groups is 1. The lowest BCUT2D eigenvalue weighted by Gasteiger charge is -2.30. The maximum Gasteiger partial charge on any atom is 0.0123 e. The van der Waals surface area contributed by atoms with Gasteiger partial charge in [0.1, 0.15) is 0 Å². The van der Waals surface area contributed by atoms with E-state index in [1.165, 1.54) is 49.0 Å². The van der Waals surface area contributed by atoms with Crippen molar-refractivity contribution in [1.82, 2.24) is 0 Å². The van der Waals surface area contributed by atoms with Gasteiger partial charge in [0.2, 0.25) is 0 Å². The van der Waals surface area contributed by atoms with Crippen LogP contribution in [0.15, 0.2) is 23.1 Å². The molecule has 0 heterocycles. The first-order valence-corrected chi connectivity index (χ1v) is 9.46. The molecule has 0 aromatic carbocycles. The van der Waals surface area contributed by atoms with Gasteiger partial charge in [0, 0.05) is 5.49 Å². The molecular formula is C17H33PS. The van der Waals surface area contributed by atoms with Gasteiger partial charge in [-0.1, -0.05) is 78.0 Å². The van der Waals surface area contributed by atoms with E-state index in [1.807, 2.05) is 11.8 Å². The highest BCUT2D eigenvalue weighted by Gasteiger charge is 2.24. The largest absolute Gasteiger partial charge is 0.127 e. The fourth-order valence-electron chi connectivity index (χ4n) is 2.36. The van der Waals surface area contributed by atoms with Crippen LogP contribution in [0, 0.1) is 5.41 Å². The molecule has 19 heavy (non-hydrogen) atoms. The van der Waals surface area contributed by atoms with Crippen LogP contribution < -0.4 is 0 Å². The Morgan fingerprint density at radius 3 is 2.16 bits per heavy atom. The normalized spacial score (nSPS) is 17.5. The topological polar surface area (TPSA) is 0 Å². The summed E-state index contributed by atoms with van der Waals surface area (Å²) in [5.74, 6) is 0. The fourth-order valence-corrected chi connectivity index (χ4v) is 3.95. The molecule has 0 aromatic rings. The molecule has 1 aliphatic carbocycles. The highest BCUT2D eigenvalue weighted by Crippen LogP contribution is 2.41. The van der Waals surface area contributed by atoms with Gasteiger partial charge in [-0.2, -0.15) is 0 Å². The van der Waals surface area contributed by atoms with Crippen LogP contribution in [0.2, 0.25) is 0 Å². The van der Waals surface area contributed by atoms with Crippen LogP contribution in [-0.4, -0.2) is 5.49 Å². The van der Waals surface area contributed by atoms with Crippen molar-refractivity contribution in [3.8, 4) is 0 Å². The second-order valence-corrected chi connectivity index (χ2v) is 8.30. The standard InChI is InChI=1S/C10H17PS.C7H16/c1-8-4-9(12-7-11)6-10(2,3)5-8;1-3-5-7-6-4-2/h4H,1,5-7,11H2,2-3H3;3-7H2,1-2H3. The molecule has 112 valence electrons. The minimum Gasteiger partial charge on any atom is -0.127 e. The van der Waals surface area contributed by atoms with E-state index in [-0.39, 0.29) is 0 Å². The third-order valence-corrected chi connectivity index (χ3v) is 4.50. The van der Waals surface area contributed by atoms with E-state index in [4.69, 9.17) is 0 Å². The van der Waals surface area contributed by atoms with Gasteiger partial charge in [-0.15, -0.1) is 21.0 Å². The van der Waals surface area contributed by atoms with Crippen LogP contribution in [0.4, 0.5) is 0 Å². The quantitative estimate of drug-likeness (QED) is 0.384. The summed E-state index contributed by atoms with van der Waals surface area (Å²) >= 11 is 1.92. The van der Waals surface area contributed by atoms with Gasteiger partial charge in [-0.25, -0.2) is 0 Å². The summed E-state index contributed by atoms with van der Waals surface area (Å²) in [6, 6.07) is 0. The zero-order valence-electron chi connectivity index (χ0n) is 13.4. The van der Waals surface area contributed by atoms with E-state index >= 15 is 0 Å². The fraction of sp³-hybridized carbons (Fsp3) is 0.765. The van der Waals surface area contributed by atoms with Gasteiger partial charge in [-0.05, 0) is 23.2 Å². The lowest BCUT2D eigenvalue weighted by Crippen LogP contribution is -2.15. The first kappa shape index (κ1) is 19.3. The number of hydrogen-bond donors (Lipinski definition) is 0. The molecule has 0 fully saturated rings. The third-order valence-electron chi connectivity index (χ3n) is 3.20. The summed E-state index contributed by atoms with van der Waals surface area (Å²) in [4.78, 5) is 1.49. The second-order valence-electron chi connectivity index (χ2n) is 6.16. The molecule has 0 spiro atoms. The first-order chi connectivity index (χ1) is 8.95. The van der Waals surface area contributed by atoms with Crippen molar-refractivity contribution in [2.24, 2.45) is 5.41 Å². The molecule has 0 saturated carbocycles. The van der Waals surface area contributed by atoms with E-state index in [9.17, 15) is 0 Å². The van der Waals surface area contributed by atoms with Gasteiger partial charge in [-0.3, -0.25) is 0 Å². The Hall–Kier alpha value is 0.260. The lowest BCUT2D eigenvalue weighted by molar-refractivity contribution is 0.360. The lowest BCUT2D eigenvalue weighted by atomic mass is 9.79. The molecule has 0 aliphatic heterocycles. The van der Waals surface area contributed by atoms with Crippen molar-refractivity contribution >= 4 is 21.0 Å². The molecule has 2 heteroatoms. The van der Waals surface area contributed by atoms with Crippen LogP contribution in [-0.2, 0) is 0 Å². The third kappa shape index (κ3) is 10.7. The van der Waals surface area contributed by atoms with Gasteiger partial charge in [0.05, 0.1) is 0 Å². The highest BCUT2D eigenvalue weighted by atomic mass is 32.2. The Bertz CT molecular complexity index is 275. The maximum atomic E-state index is 4.05. The Balaban J connectivity index is 0.000000399. The number of unbranched alkanes of at least 4 members (excludes halogenated alkanes) is 4. The summed E-state index contributed by atoms with van der Waals surface area (Å²) in [5, 5.41) is 0. The summed E-state index contributed by atoms with van der Waals surface area (Å²) in [6.07, 6.45) is 11.6. The molecule has 1 rings (SSSR count). The van der Waals surface area contributed by atoms with Gasteiger partial charge in [0.15, 0.2) is 0 Å². The van der Waals surface area contributed by atoms with E-state index in [0.717, 1.165) is 11.9 Å². The van der Waals surface area contributed by atoms with Crippen molar-refractivity contribution < 1.29 is 0 Å². The predicted molar refractivity (Wildman–Crippen MR) is 96.8 cm³/mol. The summed E-state index contributed by atoms with van der Waals surface area (Å²) in [6.45, 7) is 13.2. The molecule has 0 saturated heterocycles. The average Bonchev–Trinajstić information content (AvgIpc) is 2.28. The predicted octanol–water partition coefficient (Wildman–Crippen LogP) is 6.79. The molecule has 0 bridgehead atoms. The molecule has 1 aliphatic rings. The van der Waals surface area contributed by atoms with Crippen molar-refractivity contribution in [3.63, 3.8) is 0 Å². The van der Waals surface area contributed by atoms with Crippen LogP contribution in [0.3, 0.4) is 0 Å². The molecule has 0 amide bonds. The smallest absolute Gasteiger partial charge is 0.0123 e. The van der Waals surface area contributed by atoms with Crippen molar-refractivity contribution in [2.45, 2.75) is 72.6 Å². The van der Waals surface area contributed by atoms with Gasteiger partial charge < -0.3 is 0 Å². The summed E-state index contributed by atoms with van der Waals surface area (Å²) in [5.41, 5.74) is 2.80. The number of hydrogen-bond acceptors (Lipinski definition) is 1. The maximum absolute atomic E-state index is 4.05. The van der Waals surface area contributed by atoms with Crippen LogP contribution >= 0.6 is 21.0 Å². The van der Waals surface area contributed by atoms with E-state index in [1.54, 1.807) is 0 Å². The zero-order chi connectivity index (χ0) is 14.7. The van der Waals surface area contributed by atoms with Crippen molar-refractivity contribution in [1.29, 1.82) is 0 Å².